The predicted octanol–water partition coefficient (Wildman–Crippen LogP) is 6.83. The highest BCUT2D eigenvalue weighted by Crippen LogP contribution is 2.38. The number of rotatable bonds is 7. The number of aromatic amines is 1. The number of carbonyl (C=O) groups is 2. The van der Waals surface area contributed by atoms with Crippen LogP contribution in [0.5, 0.6) is 23.0 Å². The van der Waals surface area contributed by atoms with E-state index in [9.17, 15) is 9.59 Å². The number of carbonyl (C=O) groups excluding carboxylic acids is 2. The van der Waals surface area contributed by atoms with E-state index < -0.39 is 11.9 Å². The number of nitrogens with zero attached hydrogens (tertiary/aromatic N) is 1. The number of nitrogens with one attached hydrogen (secondary N) is 2. The molecule has 0 spiro atoms. The average Bonchev–Trinajstić information content (AvgIpc) is 3.63. The summed E-state index contributed by atoms with van der Waals surface area (Å²) in [5.41, 5.74) is 8.24. The molecule has 9 nitrogen and oxygen atoms in total. The molecule has 0 saturated heterocycles. The van der Waals surface area contributed by atoms with Gasteiger partial charge in [-0.05, 0) is 73.5 Å². The third kappa shape index (κ3) is 5.50. The van der Waals surface area contributed by atoms with Gasteiger partial charge in [-0.3, -0.25) is 4.79 Å². The first-order valence-corrected chi connectivity index (χ1v) is 13.7. The van der Waals surface area contributed by atoms with Crippen molar-refractivity contribution in [1.82, 2.24) is 10.4 Å². The lowest BCUT2D eigenvalue weighted by molar-refractivity contribution is 0.0729. The summed E-state index contributed by atoms with van der Waals surface area (Å²) in [5, 5.41) is 5.60. The topological polar surface area (TPSA) is 111 Å². The number of ether oxygens (including phenoxy) is 4. The van der Waals surface area contributed by atoms with E-state index in [1.54, 1.807) is 42.5 Å². The minimum atomic E-state index is -0.580. The van der Waals surface area contributed by atoms with Crippen LogP contribution in [-0.4, -0.2) is 37.0 Å². The SMILES string of the molecule is COc1cc(C=NNC(=O)c2[nH]c3c(C)cc(C)cc3c2-c2ccccc2Cl)ccc1OC(=O)c1ccc2c(c1)OCO2. The van der Waals surface area contributed by atoms with Gasteiger partial charge in [-0.2, -0.15) is 5.10 Å². The Bertz CT molecular complexity index is 1930. The molecule has 1 amide bonds. The highest BCUT2D eigenvalue weighted by molar-refractivity contribution is 6.34. The van der Waals surface area contributed by atoms with Crippen LogP contribution in [0.25, 0.3) is 22.0 Å². The van der Waals surface area contributed by atoms with Crippen molar-refractivity contribution < 1.29 is 28.5 Å². The second-order valence-electron chi connectivity index (χ2n) is 9.93. The number of aryl methyl sites for hydroxylation is 2. The van der Waals surface area contributed by atoms with Gasteiger partial charge in [-0.1, -0.05) is 41.4 Å². The molecule has 0 saturated carbocycles. The molecule has 0 aliphatic carbocycles. The molecule has 43 heavy (non-hydrogen) atoms. The van der Waals surface area contributed by atoms with Crippen LogP contribution in [0.4, 0.5) is 0 Å². The van der Waals surface area contributed by atoms with E-state index in [4.69, 9.17) is 30.5 Å². The van der Waals surface area contributed by atoms with E-state index in [0.29, 0.717) is 44.7 Å². The van der Waals surface area contributed by atoms with Crippen molar-refractivity contribution in [3.8, 4) is 34.1 Å². The number of esters is 1. The molecule has 10 heteroatoms. The maximum absolute atomic E-state index is 13.4. The van der Waals surface area contributed by atoms with Crippen molar-refractivity contribution in [1.29, 1.82) is 0 Å². The Kier molecular flexibility index (Phi) is 7.48. The van der Waals surface area contributed by atoms with E-state index in [1.807, 2.05) is 38.1 Å². The van der Waals surface area contributed by atoms with Gasteiger partial charge in [0, 0.05) is 27.1 Å². The highest BCUT2D eigenvalue weighted by atomic mass is 35.5. The minimum absolute atomic E-state index is 0.106. The van der Waals surface area contributed by atoms with Crippen LogP contribution < -0.4 is 24.4 Å². The lowest BCUT2D eigenvalue weighted by Crippen LogP contribution is -2.19. The van der Waals surface area contributed by atoms with Crippen LogP contribution in [0.1, 0.15) is 37.5 Å². The normalized spacial score (nSPS) is 12.1. The second kappa shape index (κ2) is 11.5. The highest BCUT2D eigenvalue weighted by Gasteiger charge is 2.22. The van der Waals surface area contributed by atoms with E-state index in [1.165, 1.54) is 13.3 Å². The molecule has 4 aromatic carbocycles. The van der Waals surface area contributed by atoms with Crippen molar-refractivity contribution in [3.05, 3.63) is 106 Å². The van der Waals surface area contributed by atoms with Crippen molar-refractivity contribution in [2.24, 2.45) is 5.10 Å². The Morgan fingerprint density at radius 3 is 2.60 bits per heavy atom. The first-order chi connectivity index (χ1) is 20.8. The fraction of sp³-hybridized carbons (Fsp3) is 0.121. The molecule has 1 aromatic heterocycles. The molecular weight excluding hydrogens is 570 g/mol. The zero-order valence-electron chi connectivity index (χ0n) is 23.5. The summed E-state index contributed by atoms with van der Waals surface area (Å²) in [6, 6.07) is 21.2. The maximum atomic E-state index is 13.4. The molecule has 6 rings (SSSR count). The Balaban J connectivity index is 1.22. The molecule has 0 atom stereocenters. The van der Waals surface area contributed by atoms with Gasteiger partial charge in [-0.25, -0.2) is 10.2 Å². The van der Waals surface area contributed by atoms with Gasteiger partial charge in [0.2, 0.25) is 6.79 Å². The van der Waals surface area contributed by atoms with Crippen molar-refractivity contribution in [3.63, 3.8) is 0 Å². The number of fused-ring (bicyclic) bond motifs is 2. The number of hydrogen-bond acceptors (Lipinski definition) is 7. The van der Waals surface area contributed by atoms with Crippen molar-refractivity contribution >= 4 is 40.6 Å². The molecule has 216 valence electrons. The fourth-order valence-electron chi connectivity index (χ4n) is 5.02. The van der Waals surface area contributed by atoms with Crippen LogP contribution in [0, 0.1) is 13.8 Å². The Hall–Kier alpha value is -5.28. The lowest BCUT2D eigenvalue weighted by Gasteiger charge is -2.10. The van der Waals surface area contributed by atoms with Gasteiger partial charge in [0.05, 0.1) is 18.9 Å². The lowest BCUT2D eigenvalue weighted by atomic mass is 9.99. The number of H-pyrrole nitrogens is 1. The number of benzene rings is 4. The van der Waals surface area contributed by atoms with Crippen LogP contribution in [0.3, 0.4) is 0 Å². The van der Waals surface area contributed by atoms with Gasteiger partial charge in [0.15, 0.2) is 23.0 Å². The first-order valence-electron chi connectivity index (χ1n) is 13.3. The van der Waals surface area contributed by atoms with E-state index in [-0.39, 0.29) is 12.5 Å². The van der Waals surface area contributed by atoms with Gasteiger partial charge in [0.25, 0.3) is 5.91 Å². The Labute approximate surface area is 252 Å². The standard InChI is InChI=1S/C33H26ClN3O6/c1-18-12-19(2)30-23(13-18)29(22-6-4-5-7-24(22)34)31(36-30)32(38)37-35-16-20-8-10-26(27(14-20)40-3)43-33(39)21-9-11-25-28(15-21)42-17-41-25/h4-16,36H,17H2,1-3H3,(H,37,38). The van der Waals surface area contributed by atoms with Gasteiger partial charge in [0.1, 0.15) is 5.69 Å². The number of halogens is 1. The zero-order valence-corrected chi connectivity index (χ0v) is 24.2. The number of aromatic nitrogens is 1. The van der Waals surface area contributed by atoms with Crippen LogP contribution in [0.15, 0.2) is 77.9 Å². The molecule has 0 bridgehead atoms. The summed E-state index contributed by atoms with van der Waals surface area (Å²) < 4.78 is 21.6. The average molecular weight is 596 g/mol. The predicted molar refractivity (Wildman–Crippen MR) is 164 cm³/mol. The fourth-order valence-corrected chi connectivity index (χ4v) is 5.25. The quantitative estimate of drug-likeness (QED) is 0.0924. The molecule has 5 aromatic rings. The monoisotopic (exact) mass is 595 g/mol. The van der Waals surface area contributed by atoms with Crippen molar-refractivity contribution in [2.75, 3.05) is 13.9 Å². The summed E-state index contributed by atoms with van der Waals surface area (Å²) in [6.45, 7) is 4.11. The third-order valence-electron chi connectivity index (χ3n) is 7.00. The number of amides is 1. The van der Waals surface area contributed by atoms with Gasteiger partial charge >= 0.3 is 5.97 Å². The number of hydrazone groups is 1. The Morgan fingerprint density at radius 2 is 1.79 bits per heavy atom. The van der Waals surface area contributed by atoms with E-state index in [2.05, 4.69) is 21.6 Å². The van der Waals surface area contributed by atoms with E-state index in [0.717, 1.165) is 27.6 Å². The summed E-state index contributed by atoms with van der Waals surface area (Å²) in [5.74, 6) is 0.571. The minimum Gasteiger partial charge on any atom is -0.493 e. The molecule has 1 aliphatic heterocycles. The molecule has 0 radical (unpaired) electrons. The third-order valence-corrected chi connectivity index (χ3v) is 7.33. The van der Waals surface area contributed by atoms with Crippen LogP contribution in [0.2, 0.25) is 5.02 Å². The number of methoxy groups -OCH3 is 1. The first kappa shape index (κ1) is 27.9. The molecule has 0 fully saturated rings. The number of hydrogen-bond donors (Lipinski definition) is 2. The zero-order chi connectivity index (χ0) is 30.1. The van der Waals surface area contributed by atoms with Crippen LogP contribution in [-0.2, 0) is 0 Å². The van der Waals surface area contributed by atoms with E-state index >= 15 is 0 Å². The van der Waals surface area contributed by atoms with Crippen LogP contribution >= 0.6 is 11.6 Å². The summed E-state index contributed by atoms with van der Waals surface area (Å²) in [4.78, 5) is 29.4. The second-order valence-corrected chi connectivity index (χ2v) is 10.3. The molecule has 1 aliphatic rings. The molecule has 2 heterocycles. The molecular formula is C33H26ClN3O6. The summed E-state index contributed by atoms with van der Waals surface area (Å²) in [7, 11) is 1.46. The Morgan fingerprint density at radius 1 is 0.977 bits per heavy atom. The molecule has 0 unspecified atom stereocenters. The smallest absolute Gasteiger partial charge is 0.343 e. The van der Waals surface area contributed by atoms with Crippen molar-refractivity contribution in [2.45, 2.75) is 13.8 Å². The largest absolute Gasteiger partial charge is 0.493 e. The molecule has 2 N–H and O–H groups in total. The van der Waals surface area contributed by atoms with Gasteiger partial charge < -0.3 is 23.9 Å². The maximum Gasteiger partial charge on any atom is 0.343 e. The summed E-state index contributed by atoms with van der Waals surface area (Å²) in [6.07, 6.45) is 1.47. The van der Waals surface area contributed by atoms with Gasteiger partial charge in [-0.15, -0.1) is 0 Å². The summed E-state index contributed by atoms with van der Waals surface area (Å²) >= 11 is 6.56.